The maximum atomic E-state index is 10.5. The molecule has 0 atom stereocenters. The number of rotatable bonds is 2. The summed E-state index contributed by atoms with van der Waals surface area (Å²) < 4.78 is 0.186. The Balaban J connectivity index is 3.30. The minimum Gasteiger partial charge on any atom is -0.396 e. The van der Waals surface area contributed by atoms with Crippen molar-refractivity contribution >= 4 is 35.1 Å². The Hall–Kier alpha value is -0.330. The van der Waals surface area contributed by atoms with Gasteiger partial charge in [-0.05, 0) is 0 Å². The van der Waals surface area contributed by atoms with Gasteiger partial charge in [-0.2, -0.15) is 0 Å². The summed E-state index contributed by atoms with van der Waals surface area (Å²) in [6.07, 6.45) is 0.0589. The molecule has 0 unspecified atom stereocenters. The minimum atomic E-state index is -0.320. The van der Waals surface area contributed by atoms with Gasteiger partial charge in [0, 0.05) is 0 Å². The number of amides is 1. The van der Waals surface area contributed by atoms with Gasteiger partial charge in [0.1, 0.15) is 4.32 Å². The van der Waals surface area contributed by atoms with E-state index in [1.54, 1.807) is 0 Å². The van der Waals surface area contributed by atoms with Crippen molar-refractivity contribution in [3.63, 3.8) is 0 Å². The van der Waals surface area contributed by atoms with Crippen LogP contribution in [0.2, 0.25) is 0 Å². The largest absolute Gasteiger partial charge is 0.396 e. The van der Waals surface area contributed by atoms with E-state index in [0.717, 1.165) is 0 Å². The molecule has 3 N–H and O–H groups in total. The highest BCUT2D eigenvalue weighted by molar-refractivity contribution is 8.11. The van der Waals surface area contributed by atoms with Crippen LogP contribution in [0.4, 0.5) is 0 Å². The van der Waals surface area contributed by atoms with Gasteiger partial charge in [-0.25, -0.2) is 0 Å². The fraction of sp³-hybridized carbons (Fsp3) is 0.500. The summed E-state index contributed by atoms with van der Waals surface area (Å²) in [6.45, 7) is -0.174. The van der Waals surface area contributed by atoms with Crippen LogP contribution in [-0.4, -0.2) is 21.9 Å². The number of aliphatic hydroxyl groups is 1. The molecule has 0 saturated heterocycles. The molecule has 0 aliphatic carbocycles. The third-order valence-corrected chi connectivity index (χ3v) is 0.862. The fourth-order valence-corrected chi connectivity index (χ4v) is 0.394. The number of carbonyl (C=O) groups excluding carboxylic acids is 1. The fourth-order valence-electron chi connectivity index (χ4n) is 0.287. The third kappa shape index (κ3) is 5.80. The number of nitrogens with one attached hydrogen (secondary N) is 2. The number of thiocarbonyl (C=S) groups is 1. The summed E-state index contributed by atoms with van der Waals surface area (Å²) in [5, 5.41) is 8.26. The Kier molecular flexibility index (Phi) is 5.27. The van der Waals surface area contributed by atoms with Gasteiger partial charge in [0.05, 0.1) is 13.0 Å². The Morgan fingerprint density at radius 2 is 2.20 bits per heavy atom. The molecule has 0 aromatic carbocycles. The quantitative estimate of drug-likeness (QED) is 0.255. The molecule has 0 spiro atoms. The maximum Gasteiger partial charge on any atom is 0.240 e. The second-order valence-corrected chi connectivity index (χ2v) is 2.61. The molecular formula is C4H8N2O2S2. The van der Waals surface area contributed by atoms with Gasteiger partial charge in [0.25, 0.3) is 0 Å². The van der Waals surface area contributed by atoms with E-state index in [1.165, 1.54) is 0 Å². The first kappa shape index (κ1) is 9.67. The highest BCUT2D eigenvalue weighted by Crippen LogP contribution is 1.76. The summed E-state index contributed by atoms with van der Waals surface area (Å²) in [5.41, 5.74) is 4.53. The van der Waals surface area contributed by atoms with Crippen LogP contribution in [0.5, 0.6) is 0 Å². The number of aliphatic hydroxyl groups excluding tert-OH is 1. The van der Waals surface area contributed by atoms with E-state index >= 15 is 0 Å². The van der Waals surface area contributed by atoms with E-state index in [9.17, 15) is 4.79 Å². The Bertz CT molecular complexity index is 139. The number of carbonyl (C=O) groups is 1. The summed E-state index contributed by atoms with van der Waals surface area (Å²) in [5.74, 6) is -0.320. The van der Waals surface area contributed by atoms with Crippen molar-refractivity contribution < 1.29 is 9.90 Å². The smallest absolute Gasteiger partial charge is 0.240 e. The minimum absolute atomic E-state index is 0.0589. The van der Waals surface area contributed by atoms with Crippen LogP contribution in [0.1, 0.15) is 6.42 Å². The second kappa shape index (κ2) is 5.45. The lowest BCUT2D eigenvalue weighted by Crippen LogP contribution is -2.39. The van der Waals surface area contributed by atoms with Crippen LogP contribution in [0.15, 0.2) is 0 Å². The van der Waals surface area contributed by atoms with E-state index in [4.69, 9.17) is 5.11 Å². The van der Waals surface area contributed by atoms with Crippen molar-refractivity contribution in [2.45, 2.75) is 6.42 Å². The molecule has 0 heterocycles. The molecule has 58 valence electrons. The molecule has 0 aliphatic heterocycles. The molecule has 4 nitrogen and oxygen atoms in total. The average molecular weight is 180 g/mol. The predicted octanol–water partition coefficient (Wildman–Crippen LogP) is -0.796. The second-order valence-electron chi connectivity index (χ2n) is 1.45. The number of thiol groups is 1. The van der Waals surface area contributed by atoms with Crippen molar-refractivity contribution in [1.29, 1.82) is 0 Å². The molecule has 0 aromatic rings. The summed E-state index contributed by atoms with van der Waals surface area (Å²) in [6, 6.07) is 0. The highest BCUT2D eigenvalue weighted by Gasteiger charge is 1.96. The standard InChI is InChI=1S/C4H8N2O2S2/c7-2-1-3(8)5-6-4(9)10/h7H,1-2H2,(H,5,8)(H2,6,9,10). The van der Waals surface area contributed by atoms with E-state index in [1.807, 2.05) is 0 Å². The molecule has 6 heteroatoms. The van der Waals surface area contributed by atoms with Gasteiger partial charge >= 0.3 is 0 Å². The lowest BCUT2D eigenvalue weighted by atomic mass is 10.4. The molecule has 0 aromatic heterocycles. The third-order valence-electron chi connectivity index (χ3n) is 0.648. The Morgan fingerprint density at radius 1 is 1.60 bits per heavy atom. The molecular weight excluding hydrogens is 172 g/mol. The molecule has 10 heavy (non-hydrogen) atoms. The molecule has 0 fully saturated rings. The van der Waals surface area contributed by atoms with E-state index in [2.05, 4.69) is 35.7 Å². The van der Waals surface area contributed by atoms with Crippen LogP contribution in [0.25, 0.3) is 0 Å². The van der Waals surface area contributed by atoms with Crippen molar-refractivity contribution in [2.75, 3.05) is 6.61 Å². The van der Waals surface area contributed by atoms with Gasteiger partial charge in [0.15, 0.2) is 0 Å². The lowest BCUT2D eigenvalue weighted by Gasteiger charge is -2.03. The zero-order chi connectivity index (χ0) is 7.98. The number of hydrogen-bond acceptors (Lipinski definition) is 3. The van der Waals surface area contributed by atoms with Crippen LogP contribution in [0.3, 0.4) is 0 Å². The topological polar surface area (TPSA) is 61.4 Å². The Labute approximate surface area is 69.4 Å². The zero-order valence-corrected chi connectivity index (χ0v) is 6.84. The molecule has 0 saturated carbocycles. The van der Waals surface area contributed by atoms with Crippen LogP contribution in [0, 0.1) is 0 Å². The average Bonchev–Trinajstić information content (AvgIpc) is 1.85. The molecule has 0 bridgehead atoms. The first-order valence-corrected chi connectivity index (χ1v) is 3.41. The van der Waals surface area contributed by atoms with Crippen LogP contribution >= 0.6 is 24.8 Å². The van der Waals surface area contributed by atoms with Gasteiger partial charge in [0.2, 0.25) is 5.91 Å². The van der Waals surface area contributed by atoms with Gasteiger partial charge in [-0.1, -0.05) is 12.2 Å². The summed E-state index contributed by atoms with van der Waals surface area (Å²) in [7, 11) is 0. The SMILES string of the molecule is O=C(CCO)NNC(=S)S. The van der Waals surface area contributed by atoms with Crippen LogP contribution < -0.4 is 10.9 Å². The van der Waals surface area contributed by atoms with Crippen molar-refractivity contribution in [1.82, 2.24) is 10.9 Å². The van der Waals surface area contributed by atoms with Gasteiger partial charge in [-0.15, -0.1) is 12.6 Å². The number of hydrogen-bond donors (Lipinski definition) is 4. The zero-order valence-electron chi connectivity index (χ0n) is 5.13. The van der Waals surface area contributed by atoms with E-state index in [-0.39, 0.29) is 23.3 Å². The first-order valence-electron chi connectivity index (χ1n) is 2.55. The number of hydrazine groups is 1. The molecule has 1 amide bonds. The van der Waals surface area contributed by atoms with Crippen LogP contribution in [-0.2, 0) is 4.79 Å². The van der Waals surface area contributed by atoms with Crippen molar-refractivity contribution in [3.05, 3.63) is 0 Å². The first-order chi connectivity index (χ1) is 4.66. The molecule has 0 rings (SSSR count). The highest BCUT2D eigenvalue weighted by atomic mass is 32.1. The van der Waals surface area contributed by atoms with E-state index in [0.29, 0.717) is 0 Å². The molecule has 0 aliphatic rings. The van der Waals surface area contributed by atoms with Gasteiger partial charge < -0.3 is 5.11 Å². The van der Waals surface area contributed by atoms with Gasteiger partial charge in [-0.3, -0.25) is 15.6 Å². The summed E-state index contributed by atoms with van der Waals surface area (Å²) >= 11 is 8.16. The van der Waals surface area contributed by atoms with E-state index < -0.39 is 0 Å². The van der Waals surface area contributed by atoms with Crippen molar-refractivity contribution in [2.24, 2.45) is 0 Å². The summed E-state index contributed by atoms with van der Waals surface area (Å²) in [4.78, 5) is 10.5. The predicted molar refractivity (Wildman–Crippen MR) is 44.6 cm³/mol. The monoisotopic (exact) mass is 180 g/mol. The normalized spacial score (nSPS) is 8.60. The molecule has 0 radical (unpaired) electrons. The maximum absolute atomic E-state index is 10.5. The lowest BCUT2D eigenvalue weighted by molar-refractivity contribution is -0.122. The Morgan fingerprint density at radius 3 is 2.60 bits per heavy atom. The van der Waals surface area contributed by atoms with Crippen molar-refractivity contribution in [3.8, 4) is 0 Å².